The second-order valence-corrected chi connectivity index (χ2v) is 4.69. The van der Waals surface area contributed by atoms with Gasteiger partial charge in [0.2, 0.25) is 0 Å². The van der Waals surface area contributed by atoms with E-state index in [4.69, 9.17) is 4.42 Å². The molecule has 0 spiro atoms. The number of thioether (sulfide) groups is 1. The quantitative estimate of drug-likeness (QED) is 0.824. The van der Waals surface area contributed by atoms with E-state index in [0.717, 1.165) is 23.0 Å². The van der Waals surface area contributed by atoms with Crippen LogP contribution in [0.3, 0.4) is 0 Å². The third kappa shape index (κ3) is 3.61. The molecule has 2 nitrogen and oxygen atoms in total. The van der Waals surface area contributed by atoms with E-state index in [2.05, 4.69) is 5.32 Å². The van der Waals surface area contributed by atoms with Crippen molar-refractivity contribution in [2.45, 2.75) is 17.2 Å². The van der Waals surface area contributed by atoms with Gasteiger partial charge in [0, 0.05) is 4.90 Å². The minimum absolute atomic E-state index is 0.203. The summed E-state index contributed by atoms with van der Waals surface area (Å²) in [4.78, 5) is 0.913. The summed E-state index contributed by atoms with van der Waals surface area (Å²) in [5.74, 6) is 2.34. The van der Waals surface area contributed by atoms with Crippen LogP contribution in [0, 0.1) is 5.82 Å². The zero-order valence-electron chi connectivity index (χ0n) is 9.57. The van der Waals surface area contributed by atoms with Gasteiger partial charge in [-0.25, -0.2) is 4.39 Å². The lowest BCUT2D eigenvalue weighted by Gasteiger charge is -1.99. The molecular formula is C13H14FNOS. The van der Waals surface area contributed by atoms with Crippen molar-refractivity contribution < 1.29 is 8.81 Å². The lowest BCUT2D eigenvalue weighted by molar-refractivity contribution is 0.469. The maximum absolute atomic E-state index is 13.0. The minimum atomic E-state index is -0.203. The Kier molecular flexibility index (Phi) is 4.23. The average Bonchev–Trinajstić information content (AvgIpc) is 2.75. The maximum Gasteiger partial charge on any atom is 0.124 e. The third-order valence-corrected chi connectivity index (χ3v) is 3.26. The Labute approximate surface area is 104 Å². The highest BCUT2D eigenvalue weighted by Crippen LogP contribution is 2.24. The first-order valence-electron chi connectivity index (χ1n) is 5.38. The first-order valence-corrected chi connectivity index (χ1v) is 6.37. The number of rotatable bonds is 5. The molecule has 4 heteroatoms. The van der Waals surface area contributed by atoms with Gasteiger partial charge in [0.05, 0.1) is 12.3 Å². The van der Waals surface area contributed by atoms with Crippen LogP contribution in [0.5, 0.6) is 0 Å². The summed E-state index contributed by atoms with van der Waals surface area (Å²) in [7, 11) is 1.88. The number of furan rings is 1. The molecule has 0 saturated carbocycles. The molecule has 1 N–H and O–H groups in total. The smallest absolute Gasteiger partial charge is 0.124 e. The Morgan fingerprint density at radius 1 is 1.24 bits per heavy atom. The lowest BCUT2D eigenvalue weighted by atomic mass is 10.4. The lowest BCUT2D eigenvalue weighted by Crippen LogP contribution is -2.03. The van der Waals surface area contributed by atoms with E-state index < -0.39 is 0 Å². The molecule has 0 aliphatic heterocycles. The van der Waals surface area contributed by atoms with Gasteiger partial charge in [-0.05, 0) is 37.4 Å². The topological polar surface area (TPSA) is 25.2 Å². The molecule has 0 aliphatic rings. The van der Waals surface area contributed by atoms with Crippen LogP contribution < -0.4 is 5.32 Å². The molecule has 1 aromatic carbocycles. The average molecular weight is 251 g/mol. The van der Waals surface area contributed by atoms with Gasteiger partial charge < -0.3 is 9.73 Å². The van der Waals surface area contributed by atoms with Crippen molar-refractivity contribution in [1.82, 2.24) is 5.32 Å². The van der Waals surface area contributed by atoms with E-state index in [9.17, 15) is 4.39 Å². The summed E-state index contributed by atoms with van der Waals surface area (Å²) >= 11 is 1.56. The molecule has 90 valence electrons. The van der Waals surface area contributed by atoms with E-state index in [0.29, 0.717) is 5.75 Å². The van der Waals surface area contributed by atoms with Crippen molar-refractivity contribution in [1.29, 1.82) is 0 Å². The van der Waals surface area contributed by atoms with Crippen LogP contribution in [0.1, 0.15) is 11.5 Å². The Hall–Kier alpha value is -1.26. The molecule has 17 heavy (non-hydrogen) atoms. The van der Waals surface area contributed by atoms with Crippen LogP contribution in [-0.2, 0) is 12.3 Å². The molecule has 0 fully saturated rings. The Balaban J connectivity index is 1.93. The molecule has 2 aromatic rings. The summed E-state index contributed by atoms with van der Waals surface area (Å²) < 4.78 is 18.6. The normalized spacial score (nSPS) is 10.7. The van der Waals surface area contributed by atoms with Crippen molar-refractivity contribution in [2.75, 3.05) is 7.05 Å². The molecular weight excluding hydrogens is 237 g/mol. The molecule has 1 heterocycles. The van der Waals surface area contributed by atoms with E-state index in [1.165, 1.54) is 12.1 Å². The number of halogens is 1. The van der Waals surface area contributed by atoms with Gasteiger partial charge in [0.25, 0.3) is 0 Å². The molecule has 1 aromatic heterocycles. The summed E-state index contributed by atoms with van der Waals surface area (Å²) in [6.07, 6.45) is 0. The van der Waals surface area contributed by atoms with Crippen molar-refractivity contribution in [3.63, 3.8) is 0 Å². The molecule has 0 unspecified atom stereocenters. The first kappa shape index (κ1) is 12.2. The van der Waals surface area contributed by atoms with Crippen LogP contribution in [-0.4, -0.2) is 7.05 Å². The van der Waals surface area contributed by atoms with Crippen LogP contribution in [0.2, 0.25) is 0 Å². The van der Waals surface area contributed by atoms with E-state index in [1.54, 1.807) is 17.8 Å². The summed E-state index contributed by atoms with van der Waals surface area (Å²) in [6, 6.07) is 10.5. The fourth-order valence-electron chi connectivity index (χ4n) is 1.48. The molecule has 0 atom stereocenters. The van der Waals surface area contributed by atoms with Crippen molar-refractivity contribution in [3.8, 4) is 0 Å². The van der Waals surface area contributed by atoms with Crippen LogP contribution in [0.15, 0.2) is 45.7 Å². The summed E-state index contributed by atoms with van der Waals surface area (Å²) in [5.41, 5.74) is 0. The summed E-state index contributed by atoms with van der Waals surface area (Å²) in [6.45, 7) is 0.727. The largest absolute Gasteiger partial charge is 0.464 e. The van der Waals surface area contributed by atoms with Gasteiger partial charge in [0.15, 0.2) is 0 Å². The second-order valence-electron chi connectivity index (χ2n) is 3.64. The number of nitrogens with one attached hydrogen (secondary N) is 1. The first-order chi connectivity index (χ1) is 8.28. The Bertz CT molecular complexity index is 484. The zero-order valence-corrected chi connectivity index (χ0v) is 10.4. The molecule has 0 amide bonds. The molecule has 2 rings (SSSR count). The van der Waals surface area contributed by atoms with Gasteiger partial charge in [-0.3, -0.25) is 0 Å². The monoisotopic (exact) mass is 251 g/mol. The van der Waals surface area contributed by atoms with E-state index in [1.807, 2.05) is 25.2 Å². The highest BCUT2D eigenvalue weighted by molar-refractivity contribution is 7.98. The van der Waals surface area contributed by atoms with E-state index >= 15 is 0 Å². The molecule has 0 saturated heterocycles. The van der Waals surface area contributed by atoms with Gasteiger partial charge in [0.1, 0.15) is 17.3 Å². The third-order valence-electron chi connectivity index (χ3n) is 2.25. The number of benzene rings is 1. The molecule has 0 radical (unpaired) electrons. The van der Waals surface area contributed by atoms with Crippen LogP contribution in [0.25, 0.3) is 0 Å². The molecule has 0 aliphatic carbocycles. The Morgan fingerprint density at radius 3 is 2.82 bits per heavy atom. The van der Waals surface area contributed by atoms with Crippen LogP contribution >= 0.6 is 11.8 Å². The molecule has 0 bridgehead atoms. The predicted molar refractivity (Wildman–Crippen MR) is 67.4 cm³/mol. The maximum atomic E-state index is 13.0. The minimum Gasteiger partial charge on any atom is -0.464 e. The fraction of sp³-hybridized carbons (Fsp3) is 0.231. The van der Waals surface area contributed by atoms with Crippen molar-refractivity contribution >= 4 is 11.8 Å². The van der Waals surface area contributed by atoms with Crippen molar-refractivity contribution in [2.24, 2.45) is 0 Å². The predicted octanol–water partition coefficient (Wildman–Crippen LogP) is 3.43. The fourth-order valence-corrected chi connectivity index (χ4v) is 2.32. The van der Waals surface area contributed by atoms with Gasteiger partial charge >= 0.3 is 0 Å². The number of hydrogen-bond donors (Lipinski definition) is 1. The van der Waals surface area contributed by atoms with Gasteiger partial charge in [-0.1, -0.05) is 6.07 Å². The second kappa shape index (κ2) is 5.89. The highest BCUT2D eigenvalue weighted by Gasteiger charge is 2.03. The summed E-state index contributed by atoms with van der Waals surface area (Å²) in [5, 5.41) is 3.03. The standard InChI is InChI=1S/C13H14FNOS/c1-15-8-11-5-6-12(16-11)9-17-13-4-2-3-10(14)7-13/h2-7,15H,8-9H2,1H3. The van der Waals surface area contributed by atoms with Crippen LogP contribution in [0.4, 0.5) is 4.39 Å². The highest BCUT2D eigenvalue weighted by atomic mass is 32.2. The number of hydrogen-bond acceptors (Lipinski definition) is 3. The Morgan fingerprint density at radius 2 is 2.06 bits per heavy atom. The van der Waals surface area contributed by atoms with Crippen molar-refractivity contribution in [3.05, 3.63) is 53.7 Å². The zero-order chi connectivity index (χ0) is 12.1. The van der Waals surface area contributed by atoms with E-state index in [-0.39, 0.29) is 5.82 Å². The van der Waals surface area contributed by atoms with Gasteiger partial charge in [-0.15, -0.1) is 11.8 Å². The SMILES string of the molecule is CNCc1ccc(CSc2cccc(F)c2)o1. The van der Waals surface area contributed by atoms with Gasteiger partial charge in [-0.2, -0.15) is 0 Å².